The summed E-state index contributed by atoms with van der Waals surface area (Å²) in [5.74, 6) is 0.744. The summed E-state index contributed by atoms with van der Waals surface area (Å²) >= 11 is 0. The Morgan fingerprint density at radius 2 is 2.33 bits per heavy atom. The molecule has 1 amide bonds. The molecule has 0 aromatic carbocycles. The van der Waals surface area contributed by atoms with Crippen molar-refractivity contribution in [2.24, 2.45) is 11.7 Å². The zero-order valence-corrected chi connectivity index (χ0v) is 7.75. The van der Waals surface area contributed by atoms with Crippen LogP contribution in [0.1, 0.15) is 26.2 Å². The molecule has 3 heteroatoms. The van der Waals surface area contributed by atoms with Gasteiger partial charge in [-0.1, -0.05) is 6.92 Å². The van der Waals surface area contributed by atoms with Gasteiger partial charge in [0.05, 0.1) is 0 Å². The van der Waals surface area contributed by atoms with Crippen LogP contribution in [0.3, 0.4) is 0 Å². The SMILES string of the molecule is CC(CN)CN1CCCCC1=O. The summed E-state index contributed by atoms with van der Waals surface area (Å²) in [6.45, 7) is 4.53. The third-order valence-corrected chi connectivity index (χ3v) is 2.36. The zero-order valence-electron chi connectivity index (χ0n) is 7.75. The molecular weight excluding hydrogens is 152 g/mol. The van der Waals surface area contributed by atoms with Gasteiger partial charge in [-0.2, -0.15) is 0 Å². The number of nitrogens with two attached hydrogens (primary N) is 1. The van der Waals surface area contributed by atoms with Crippen molar-refractivity contribution < 1.29 is 4.79 Å². The van der Waals surface area contributed by atoms with E-state index in [4.69, 9.17) is 5.73 Å². The summed E-state index contributed by atoms with van der Waals surface area (Å²) in [5.41, 5.74) is 5.50. The molecule has 1 atom stereocenters. The smallest absolute Gasteiger partial charge is 0.222 e. The van der Waals surface area contributed by atoms with Gasteiger partial charge in [0, 0.05) is 19.5 Å². The fourth-order valence-electron chi connectivity index (χ4n) is 1.51. The molecule has 1 aliphatic heterocycles. The average molecular weight is 170 g/mol. The van der Waals surface area contributed by atoms with Gasteiger partial charge in [-0.15, -0.1) is 0 Å². The minimum Gasteiger partial charge on any atom is -0.342 e. The Labute approximate surface area is 73.9 Å². The van der Waals surface area contributed by atoms with Crippen molar-refractivity contribution in [2.45, 2.75) is 26.2 Å². The number of hydrogen-bond donors (Lipinski definition) is 1. The summed E-state index contributed by atoms with van der Waals surface area (Å²) in [7, 11) is 0. The summed E-state index contributed by atoms with van der Waals surface area (Å²) in [4.78, 5) is 13.3. The van der Waals surface area contributed by atoms with E-state index < -0.39 is 0 Å². The molecule has 70 valence electrons. The molecule has 1 saturated heterocycles. The van der Waals surface area contributed by atoms with Crippen LogP contribution in [0, 0.1) is 5.92 Å². The largest absolute Gasteiger partial charge is 0.342 e. The first-order chi connectivity index (χ1) is 5.74. The lowest BCUT2D eigenvalue weighted by molar-refractivity contribution is -0.133. The third kappa shape index (κ3) is 2.48. The molecule has 2 N–H and O–H groups in total. The first-order valence-corrected chi connectivity index (χ1v) is 4.72. The van der Waals surface area contributed by atoms with Crippen molar-refractivity contribution in [1.82, 2.24) is 4.90 Å². The molecular formula is C9H18N2O. The molecule has 0 spiro atoms. The molecule has 3 nitrogen and oxygen atoms in total. The molecule has 0 aliphatic carbocycles. The summed E-state index contributed by atoms with van der Waals surface area (Å²) in [6, 6.07) is 0. The van der Waals surface area contributed by atoms with E-state index in [1.165, 1.54) is 0 Å². The zero-order chi connectivity index (χ0) is 8.97. The van der Waals surface area contributed by atoms with Crippen molar-refractivity contribution in [3.05, 3.63) is 0 Å². The number of nitrogens with zero attached hydrogens (tertiary/aromatic N) is 1. The van der Waals surface area contributed by atoms with Gasteiger partial charge in [0.15, 0.2) is 0 Å². The second kappa shape index (κ2) is 4.45. The lowest BCUT2D eigenvalue weighted by Gasteiger charge is -2.28. The van der Waals surface area contributed by atoms with E-state index in [0.717, 1.165) is 32.4 Å². The lowest BCUT2D eigenvalue weighted by atomic mass is 10.1. The molecule has 1 aliphatic rings. The molecule has 0 radical (unpaired) electrons. The standard InChI is InChI=1S/C9H18N2O/c1-8(6-10)7-11-5-3-2-4-9(11)12/h8H,2-7,10H2,1H3. The molecule has 1 heterocycles. The Bertz CT molecular complexity index is 159. The number of carbonyl (C=O) groups excluding carboxylic acids is 1. The van der Waals surface area contributed by atoms with E-state index >= 15 is 0 Å². The predicted octanol–water partition coefficient (Wildman–Crippen LogP) is 0.594. The van der Waals surface area contributed by atoms with Crippen LogP contribution in [0.2, 0.25) is 0 Å². The van der Waals surface area contributed by atoms with Crippen molar-refractivity contribution in [3.63, 3.8) is 0 Å². The van der Waals surface area contributed by atoms with Gasteiger partial charge in [-0.05, 0) is 25.3 Å². The first kappa shape index (κ1) is 9.52. The summed E-state index contributed by atoms with van der Waals surface area (Å²) in [5, 5.41) is 0. The second-order valence-electron chi connectivity index (χ2n) is 3.64. The summed E-state index contributed by atoms with van der Waals surface area (Å²) < 4.78 is 0. The predicted molar refractivity (Wildman–Crippen MR) is 48.6 cm³/mol. The van der Waals surface area contributed by atoms with Crippen LogP contribution in [-0.4, -0.2) is 30.4 Å². The number of likely N-dealkylation sites (tertiary alicyclic amines) is 1. The maximum absolute atomic E-state index is 11.3. The van der Waals surface area contributed by atoms with Gasteiger partial charge < -0.3 is 10.6 Å². The molecule has 0 saturated carbocycles. The Morgan fingerprint density at radius 1 is 1.58 bits per heavy atom. The van der Waals surface area contributed by atoms with Crippen LogP contribution in [-0.2, 0) is 4.79 Å². The Kier molecular flexibility index (Phi) is 3.53. The van der Waals surface area contributed by atoms with Gasteiger partial charge in [0.1, 0.15) is 0 Å². The Hall–Kier alpha value is -0.570. The van der Waals surface area contributed by atoms with Crippen molar-refractivity contribution in [2.75, 3.05) is 19.6 Å². The maximum atomic E-state index is 11.3. The van der Waals surface area contributed by atoms with E-state index in [1.54, 1.807) is 0 Å². The van der Waals surface area contributed by atoms with Crippen LogP contribution in [0.15, 0.2) is 0 Å². The normalized spacial score (nSPS) is 21.2. The lowest BCUT2D eigenvalue weighted by Crippen LogP contribution is -2.39. The topological polar surface area (TPSA) is 46.3 Å². The van der Waals surface area contributed by atoms with Crippen molar-refractivity contribution in [1.29, 1.82) is 0 Å². The second-order valence-corrected chi connectivity index (χ2v) is 3.64. The van der Waals surface area contributed by atoms with Crippen LogP contribution in [0.5, 0.6) is 0 Å². The highest BCUT2D eigenvalue weighted by molar-refractivity contribution is 5.76. The Morgan fingerprint density at radius 3 is 2.92 bits per heavy atom. The van der Waals surface area contributed by atoms with Gasteiger partial charge >= 0.3 is 0 Å². The molecule has 1 rings (SSSR count). The number of piperidine rings is 1. The van der Waals surface area contributed by atoms with Crippen molar-refractivity contribution >= 4 is 5.91 Å². The van der Waals surface area contributed by atoms with Crippen LogP contribution >= 0.6 is 0 Å². The minimum atomic E-state index is 0.307. The highest BCUT2D eigenvalue weighted by Crippen LogP contribution is 2.11. The molecule has 1 fully saturated rings. The highest BCUT2D eigenvalue weighted by Gasteiger charge is 2.18. The van der Waals surface area contributed by atoms with Gasteiger partial charge in [0.2, 0.25) is 5.91 Å². The first-order valence-electron chi connectivity index (χ1n) is 4.72. The van der Waals surface area contributed by atoms with E-state index in [-0.39, 0.29) is 0 Å². The Balaban J connectivity index is 2.34. The molecule has 0 aromatic rings. The average Bonchev–Trinajstić information content (AvgIpc) is 2.09. The van der Waals surface area contributed by atoms with E-state index in [2.05, 4.69) is 6.92 Å². The van der Waals surface area contributed by atoms with Crippen molar-refractivity contribution in [3.8, 4) is 0 Å². The molecule has 12 heavy (non-hydrogen) atoms. The molecule has 1 unspecified atom stereocenters. The van der Waals surface area contributed by atoms with E-state index in [9.17, 15) is 4.79 Å². The van der Waals surface area contributed by atoms with Gasteiger partial charge in [-0.25, -0.2) is 0 Å². The third-order valence-electron chi connectivity index (χ3n) is 2.36. The summed E-state index contributed by atoms with van der Waals surface area (Å²) in [6.07, 6.45) is 2.95. The van der Waals surface area contributed by atoms with Crippen LogP contribution < -0.4 is 5.73 Å². The van der Waals surface area contributed by atoms with E-state index in [0.29, 0.717) is 18.4 Å². The van der Waals surface area contributed by atoms with Crippen LogP contribution in [0.25, 0.3) is 0 Å². The quantitative estimate of drug-likeness (QED) is 0.674. The van der Waals surface area contributed by atoms with Gasteiger partial charge in [0.25, 0.3) is 0 Å². The molecule has 0 aromatic heterocycles. The van der Waals surface area contributed by atoms with E-state index in [1.807, 2.05) is 4.90 Å². The fraction of sp³-hybridized carbons (Fsp3) is 0.889. The molecule has 0 bridgehead atoms. The fourth-order valence-corrected chi connectivity index (χ4v) is 1.51. The monoisotopic (exact) mass is 170 g/mol. The number of carbonyl (C=O) groups is 1. The highest BCUT2D eigenvalue weighted by atomic mass is 16.2. The van der Waals surface area contributed by atoms with Crippen LogP contribution in [0.4, 0.5) is 0 Å². The number of amides is 1. The number of hydrogen-bond acceptors (Lipinski definition) is 2. The number of rotatable bonds is 3. The minimum absolute atomic E-state index is 0.307. The van der Waals surface area contributed by atoms with Gasteiger partial charge in [-0.3, -0.25) is 4.79 Å². The maximum Gasteiger partial charge on any atom is 0.222 e.